The van der Waals surface area contributed by atoms with E-state index in [-0.39, 0.29) is 0 Å². The highest BCUT2D eigenvalue weighted by Crippen LogP contribution is 2.33. The molecule has 20 heavy (non-hydrogen) atoms. The van der Waals surface area contributed by atoms with Crippen LogP contribution < -0.4 is 15.2 Å². The molecule has 100 valence electrons. The zero-order chi connectivity index (χ0) is 13.5. The summed E-state index contributed by atoms with van der Waals surface area (Å²) in [5, 5.41) is 0. The predicted molar refractivity (Wildman–Crippen MR) is 76.5 cm³/mol. The largest absolute Gasteiger partial charge is 0.486 e. The second-order valence-corrected chi connectivity index (χ2v) is 4.69. The van der Waals surface area contributed by atoms with Crippen LogP contribution in [-0.2, 0) is 0 Å². The summed E-state index contributed by atoms with van der Waals surface area (Å²) in [6.07, 6.45) is 1.79. The van der Waals surface area contributed by atoms with Crippen LogP contribution in [0.15, 0.2) is 42.7 Å². The van der Waals surface area contributed by atoms with Crippen LogP contribution in [0.5, 0.6) is 11.5 Å². The van der Waals surface area contributed by atoms with Gasteiger partial charge < -0.3 is 15.2 Å². The molecule has 0 unspecified atom stereocenters. The van der Waals surface area contributed by atoms with E-state index in [0.29, 0.717) is 18.9 Å². The van der Waals surface area contributed by atoms with Crippen molar-refractivity contribution in [1.82, 2.24) is 9.55 Å². The van der Waals surface area contributed by atoms with E-state index < -0.39 is 0 Å². The summed E-state index contributed by atoms with van der Waals surface area (Å²) in [6.45, 7) is 1.18. The van der Waals surface area contributed by atoms with Gasteiger partial charge in [-0.3, -0.25) is 4.57 Å². The van der Waals surface area contributed by atoms with Gasteiger partial charge in [0.1, 0.15) is 19.5 Å². The maximum absolute atomic E-state index is 5.78. The zero-order valence-corrected chi connectivity index (χ0v) is 10.7. The van der Waals surface area contributed by atoms with Crippen molar-refractivity contribution in [3.05, 3.63) is 42.7 Å². The van der Waals surface area contributed by atoms with E-state index in [1.807, 2.05) is 41.0 Å². The molecule has 2 heterocycles. The third kappa shape index (κ3) is 1.67. The molecule has 0 saturated heterocycles. The van der Waals surface area contributed by atoms with Crippen molar-refractivity contribution in [2.75, 3.05) is 18.9 Å². The molecule has 1 aromatic heterocycles. The zero-order valence-electron chi connectivity index (χ0n) is 10.7. The van der Waals surface area contributed by atoms with Gasteiger partial charge in [0.15, 0.2) is 11.5 Å². The van der Waals surface area contributed by atoms with Crippen LogP contribution >= 0.6 is 0 Å². The number of aromatic nitrogens is 2. The fourth-order valence-electron chi connectivity index (χ4n) is 2.42. The van der Waals surface area contributed by atoms with Gasteiger partial charge in [-0.2, -0.15) is 0 Å². The van der Waals surface area contributed by atoms with Gasteiger partial charge in [0.05, 0.1) is 16.7 Å². The maximum atomic E-state index is 5.78. The molecule has 0 radical (unpaired) electrons. The van der Waals surface area contributed by atoms with Crippen molar-refractivity contribution in [1.29, 1.82) is 0 Å². The van der Waals surface area contributed by atoms with Crippen LogP contribution in [-0.4, -0.2) is 22.8 Å². The first-order chi connectivity index (χ1) is 9.81. The van der Waals surface area contributed by atoms with Gasteiger partial charge in [-0.05, 0) is 30.3 Å². The second-order valence-electron chi connectivity index (χ2n) is 4.69. The molecule has 0 aliphatic carbocycles. The lowest BCUT2D eigenvalue weighted by molar-refractivity contribution is 0.171. The SMILES string of the molecule is Nc1ccc2c(c1)ncn2-c1ccc2c(c1)OCCO2. The number of ether oxygens (including phenoxy) is 2. The second kappa shape index (κ2) is 4.16. The van der Waals surface area contributed by atoms with Crippen LogP contribution in [0, 0.1) is 0 Å². The van der Waals surface area contributed by atoms with Crippen LogP contribution in [0.2, 0.25) is 0 Å². The minimum Gasteiger partial charge on any atom is -0.486 e. The Bertz CT molecular complexity index is 795. The average Bonchev–Trinajstić information content (AvgIpc) is 2.89. The lowest BCUT2D eigenvalue weighted by Gasteiger charge is -2.19. The number of rotatable bonds is 1. The van der Waals surface area contributed by atoms with E-state index in [0.717, 1.165) is 28.2 Å². The lowest BCUT2D eigenvalue weighted by atomic mass is 10.2. The van der Waals surface area contributed by atoms with Crippen molar-refractivity contribution >= 4 is 16.7 Å². The summed E-state index contributed by atoms with van der Waals surface area (Å²) in [7, 11) is 0. The van der Waals surface area contributed by atoms with Crippen LogP contribution in [0.1, 0.15) is 0 Å². The molecule has 3 aromatic rings. The number of anilines is 1. The molecule has 5 heteroatoms. The third-order valence-corrected chi connectivity index (χ3v) is 3.38. The van der Waals surface area contributed by atoms with Crippen LogP contribution in [0.4, 0.5) is 5.69 Å². The minimum absolute atomic E-state index is 0.581. The summed E-state index contributed by atoms with van der Waals surface area (Å²) in [6, 6.07) is 11.6. The Balaban J connectivity index is 1.86. The lowest BCUT2D eigenvalue weighted by Crippen LogP contribution is -2.15. The highest BCUT2D eigenvalue weighted by atomic mass is 16.6. The Morgan fingerprint density at radius 1 is 1.00 bits per heavy atom. The number of imidazole rings is 1. The Morgan fingerprint density at radius 3 is 2.75 bits per heavy atom. The average molecular weight is 267 g/mol. The maximum Gasteiger partial charge on any atom is 0.163 e. The molecule has 0 saturated carbocycles. The third-order valence-electron chi connectivity index (χ3n) is 3.38. The minimum atomic E-state index is 0.581. The molecular weight excluding hydrogens is 254 g/mol. The normalized spacial score (nSPS) is 13.6. The van der Waals surface area contributed by atoms with Gasteiger partial charge in [0.25, 0.3) is 0 Å². The van der Waals surface area contributed by atoms with E-state index in [2.05, 4.69) is 4.98 Å². The summed E-state index contributed by atoms with van der Waals surface area (Å²) in [5.74, 6) is 1.56. The number of hydrogen-bond donors (Lipinski definition) is 1. The fraction of sp³-hybridized carbons (Fsp3) is 0.133. The summed E-state index contributed by atoms with van der Waals surface area (Å²) in [5.41, 5.74) is 9.36. The number of nitrogens with zero attached hydrogens (tertiary/aromatic N) is 2. The molecule has 0 atom stereocenters. The van der Waals surface area contributed by atoms with E-state index in [9.17, 15) is 0 Å². The van der Waals surface area contributed by atoms with Crippen molar-refractivity contribution in [3.8, 4) is 17.2 Å². The number of fused-ring (bicyclic) bond motifs is 2. The summed E-state index contributed by atoms with van der Waals surface area (Å²) in [4.78, 5) is 4.38. The highest BCUT2D eigenvalue weighted by molar-refractivity contribution is 5.80. The topological polar surface area (TPSA) is 62.3 Å². The summed E-state index contributed by atoms with van der Waals surface area (Å²) < 4.78 is 13.2. The van der Waals surface area contributed by atoms with Gasteiger partial charge in [-0.15, -0.1) is 0 Å². The quantitative estimate of drug-likeness (QED) is 0.688. The number of benzene rings is 2. The Morgan fingerprint density at radius 2 is 1.85 bits per heavy atom. The van der Waals surface area contributed by atoms with Crippen molar-refractivity contribution in [2.24, 2.45) is 0 Å². The molecular formula is C15H13N3O2. The summed E-state index contributed by atoms with van der Waals surface area (Å²) >= 11 is 0. The van der Waals surface area contributed by atoms with Crippen molar-refractivity contribution < 1.29 is 9.47 Å². The molecule has 2 aromatic carbocycles. The number of nitrogen functional groups attached to an aromatic ring is 1. The Labute approximate surface area is 115 Å². The monoisotopic (exact) mass is 267 g/mol. The Kier molecular flexibility index (Phi) is 2.32. The van der Waals surface area contributed by atoms with Gasteiger partial charge in [0, 0.05) is 11.8 Å². The number of nitrogens with two attached hydrogens (primary N) is 1. The van der Waals surface area contributed by atoms with Crippen molar-refractivity contribution in [3.63, 3.8) is 0 Å². The van der Waals surface area contributed by atoms with Crippen molar-refractivity contribution in [2.45, 2.75) is 0 Å². The Hall–Kier alpha value is -2.69. The fourth-order valence-corrected chi connectivity index (χ4v) is 2.42. The van der Waals surface area contributed by atoms with Crippen LogP contribution in [0.3, 0.4) is 0 Å². The molecule has 0 amide bonds. The molecule has 0 fully saturated rings. The molecule has 1 aliphatic rings. The van der Waals surface area contributed by atoms with Gasteiger partial charge in [-0.25, -0.2) is 4.98 Å². The number of hydrogen-bond acceptors (Lipinski definition) is 4. The molecule has 0 spiro atoms. The van der Waals surface area contributed by atoms with Gasteiger partial charge >= 0.3 is 0 Å². The first-order valence-electron chi connectivity index (χ1n) is 6.44. The first-order valence-corrected chi connectivity index (χ1v) is 6.44. The smallest absolute Gasteiger partial charge is 0.163 e. The van der Waals surface area contributed by atoms with E-state index in [1.165, 1.54) is 0 Å². The molecule has 0 bridgehead atoms. The van der Waals surface area contributed by atoms with Crippen LogP contribution in [0.25, 0.3) is 16.7 Å². The van der Waals surface area contributed by atoms with E-state index in [1.54, 1.807) is 6.33 Å². The van der Waals surface area contributed by atoms with Gasteiger partial charge in [0.2, 0.25) is 0 Å². The first kappa shape index (κ1) is 11.2. The molecule has 1 aliphatic heterocycles. The molecule has 5 nitrogen and oxygen atoms in total. The highest BCUT2D eigenvalue weighted by Gasteiger charge is 2.13. The predicted octanol–water partition coefficient (Wildman–Crippen LogP) is 2.38. The van der Waals surface area contributed by atoms with E-state index >= 15 is 0 Å². The molecule has 2 N–H and O–H groups in total. The molecule has 4 rings (SSSR count). The standard InChI is InChI=1S/C15H13N3O2/c16-10-1-3-13-12(7-10)17-9-18(13)11-2-4-14-15(8-11)20-6-5-19-14/h1-4,7-9H,5-6,16H2. The van der Waals surface area contributed by atoms with E-state index in [4.69, 9.17) is 15.2 Å². The van der Waals surface area contributed by atoms with Gasteiger partial charge in [-0.1, -0.05) is 0 Å².